The Balaban J connectivity index is 2.00. The molecule has 21 heavy (non-hydrogen) atoms. The van der Waals surface area contributed by atoms with Gasteiger partial charge in [0.05, 0.1) is 11.9 Å². The minimum absolute atomic E-state index is 0.0412. The summed E-state index contributed by atoms with van der Waals surface area (Å²) in [5.74, 6) is 0.994. The van der Waals surface area contributed by atoms with Gasteiger partial charge in [0.25, 0.3) is 0 Å². The summed E-state index contributed by atoms with van der Waals surface area (Å²) in [5, 5.41) is 1.14. The van der Waals surface area contributed by atoms with Crippen molar-refractivity contribution in [2.24, 2.45) is 0 Å². The smallest absolute Gasteiger partial charge is 0.248 e. The first-order chi connectivity index (χ1) is 10.1. The summed E-state index contributed by atoms with van der Waals surface area (Å²) in [7, 11) is 5.53. The zero-order chi connectivity index (χ0) is 15.0. The van der Waals surface area contributed by atoms with Gasteiger partial charge in [0, 0.05) is 32.6 Å². The van der Waals surface area contributed by atoms with Crippen molar-refractivity contribution < 1.29 is 9.53 Å². The number of nitrogens with zero attached hydrogens (tertiary/aromatic N) is 4. The largest absolute Gasteiger partial charge is 0.375 e. The van der Waals surface area contributed by atoms with Crippen LogP contribution >= 0.6 is 11.3 Å². The number of fused-ring (bicyclic) bond motifs is 3. The van der Waals surface area contributed by atoms with Crippen LogP contribution in [-0.4, -0.2) is 55.1 Å². The highest BCUT2D eigenvalue weighted by Crippen LogP contribution is 2.37. The molecule has 1 aliphatic rings. The van der Waals surface area contributed by atoms with Gasteiger partial charge < -0.3 is 14.5 Å². The molecule has 0 radical (unpaired) electrons. The Morgan fingerprint density at radius 1 is 1.48 bits per heavy atom. The van der Waals surface area contributed by atoms with Crippen LogP contribution in [0.15, 0.2) is 6.33 Å². The fourth-order valence-electron chi connectivity index (χ4n) is 2.68. The SMILES string of the molecule is COCC(=O)N1CCc2c(sc3ncnc(N(C)C)c23)C1. The fourth-order valence-corrected chi connectivity index (χ4v) is 3.88. The summed E-state index contributed by atoms with van der Waals surface area (Å²) in [4.78, 5) is 26.8. The van der Waals surface area contributed by atoms with Gasteiger partial charge >= 0.3 is 0 Å². The third-order valence-electron chi connectivity index (χ3n) is 3.66. The number of rotatable bonds is 3. The second-order valence-corrected chi connectivity index (χ2v) is 6.36. The summed E-state index contributed by atoms with van der Waals surface area (Å²) < 4.78 is 4.94. The number of anilines is 1. The number of aromatic nitrogens is 2. The Kier molecular flexibility index (Phi) is 3.77. The van der Waals surface area contributed by atoms with Crippen molar-refractivity contribution in [3.63, 3.8) is 0 Å². The molecule has 6 nitrogen and oxygen atoms in total. The molecule has 7 heteroatoms. The van der Waals surface area contributed by atoms with Crippen molar-refractivity contribution in [2.45, 2.75) is 13.0 Å². The lowest BCUT2D eigenvalue weighted by atomic mass is 10.0. The van der Waals surface area contributed by atoms with Crippen LogP contribution in [0.25, 0.3) is 10.2 Å². The average molecular weight is 306 g/mol. The Morgan fingerprint density at radius 3 is 3.00 bits per heavy atom. The van der Waals surface area contributed by atoms with Gasteiger partial charge in [-0.1, -0.05) is 0 Å². The van der Waals surface area contributed by atoms with Crippen molar-refractivity contribution in [3.8, 4) is 0 Å². The van der Waals surface area contributed by atoms with E-state index in [1.54, 1.807) is 24.8 Å². The molecule has 0 saturated heterocycles. The Labute approximate surface area is 127 Å². The van der Waals surface area contributed by atoms with Crippen molar-refractivity contribution in [3.05, 3.63) is 16.8 Å². The van der Waals surface area contributed by atoms with Crippen LogP contribution in [-0.2, 0) is 22.5 Å². The zero-order valence-corrected chi connectivity index (χ0v) is 13.2. The molecule has 0 atom stereocenters. The monoisotopic (exact) mass is 306 g/mol. The van der Waals surface area contributed by atoms with Crippen molar-refractivity contribution in [2.75, 3.05) is 39.3 Å². The van der Waals surface area contributed by atoms with Crippen LogP contribution in [0.4, 0.5) is 5.82 Å². The van der Waals surface area contributed by atoms with Crippen LogP contribution in [0.1, 0.15) is 10.4 Å². The molecule has 0 unspecified atom stereocenters. The lowest BCUT2D eigenvalue weighted by Gasteiger charge is -2.27. The van der Waals surface area contributed by atoms with Crippen LogP contribution in [0.2, 0.25) is 0 Å². The molecule has 2 aromatic heterocycles. The second kappa shape index (κ2) is 5.57. The number of methoxy groups -OCH3 is 1. The van der Waals surface area contributed by atoms with Gasteiger partial charge in [-0.2, -0.15) is 0 Å². The van der Waals surface area contributed by atoms with Crippen molar-refractivity contribution in [1.29, 1.82) is 0 Å². The van der Waals surface area contributed by atoms with Crippen LogP contribution in [0.5, 0.6) is 0 Å². The van der Waals surface area contributed by atoms with Gasteiger partial charge in [0.2, 0.25) is 5.91 Å². The number of thiophene rings is 1. The minimum atomic E-state index is 0.0412. The van der Waals surface area contributed by atoms with E-state index in [1.807, 2.05) is 23.9 Å². The van der Waals surface area contributed by atoms with Crippen molar-refractivity contribution >= 4 is 33.3 Å². The topological polar surface area (TPSA) is 58.6 Å². The summed E-state index contributed by atoms with van der Waals surface area (Å²) in [6.07, 6.45) is 2.45. The van der Waals surface area contributed by atoms with Gasteiger partial charge in [0.15, 0.2) is 0 Å². The van der Waals surface area contributed by atoms with Crippen LogP contribution in [0.3, 0.4) is 0 Å². The molecule has 3 rings (SSSR count). The molecule has 2 aromatic rings. The minimum Gasteiger partial charge on any atom is -0.375 e. The van der Waals surface area contributed by atoms with Gasteiger partial charge in [-0.25, -0.2) is 9.97 Å². The molecular weight excluding hydrogens is 288 g/mol. The van der Waals surface area contributed by atoms with E-state index in [4.69, 9.17) is 4.74 Å². The highest BCUT2D eigenvalue weighted by atomic mass is 32.1. The fraction of sp³-hybridized carbons (Fsp3) is 0.500. The Hall–Kier alpha value is -1.73. The number of hydrogen-bond acceptors (Lipinski definition) is 6. The molecular formula is C14H18N4O2S. The molecule has 0 aliphatic carbocycles. The second-order valence-electron chi connectivity index (χ2n) is 5.27. The molecule has 0 aromatic carbocycles. The van der Waals surface area contributed by atoms with Gasteiger partial charge in [0.1, 0.15) is 23.6 Å². The maximum absolute atomic E-state index is 12.0. The maximum atomic E-state index is 12.0. The van der Waals surface area contributed by atoms with Crippen molar-refractivity contribution in [1.82, 2.24) is 14.9 Å². The van der Waals surface area contributed by atoms with E-state index in [1.165, 1.54) is 10.4 Å². The number of carbonyl (C=O) groups excluding carboxylic acids is 1. The predicted octanol–water partition coefficient (Wildman–Crippen LogP) is 1.29. The van der Waals surface area contributed by atoms with Crippen LogP contribution in [0, 0.1) is 0 Å². The van der Waals surface area contributed by atoms with E-state index < -0.39 is 0 Å². The average Bonchev–Trinajstić information content (AvgIpc) is 2.84. The molecule has 0 N–H and O–H groups in total. The van der Waals surface area contributed by atoms with E-state index >= 15 is 0 Å². The Bertz CT molecular complexity index is 683. The molecule has 0 saturated carbocycles. The molecule has 1 aliphatic heterocycles. The van der Waals surface area contributed by atoms with E-state index in [0.29, 0.717) is 6.54 Å². The number of hydrogen-bond donors (Lipinski definition) is 0. The third-order valence-corrected chi connectivity index (χ3v) is 4.79. The number of ether oxygens (including phenoxy) is 1. The van der Waals surface area contributed by atoms with E-state index in [0.717, 1.165) is 29.0 Å². The molecule has 1 amide bonds. The predicted molar refractivity (Wildman–Crippen MR) is 82.7 cm³/mol. The number of carbonyl (C=O) groups is 1. The maximum Gasteiger partial charge on any atom is 0.248 e. The van der Waals surface area contributed by atoms with E-state index in [2.05, 4.69) is 9.97 Å². The molecule has 0 bridgehead atoms. The standard InChI is InChI=1S/C14H18N4O2S/c1-17(2)13-12-9-4-5-18(11(19)7-20-3)6-10(9)21-14(12)16-8-15-13/h8H,4-7H2,1-3H3. The van der Waals surface area contributed by atoms with E-state index in [-0.39, 0.29) is 12.5 Å². The highest BCUT2D eigenvalue weighted by Gasteiger charge is 2.26. The quantitative estimate of drug-likeness (QED) is 0.855. The number of amides is 1. The summed E-state index contributed by atoms with van der Waals surface area (Å²) in [6, 6.07) is 0. The first-order valence-corrected chi connectivity index (χ1v) is 7.62. The molecule has 0 spiro atoms. The summed E-state index contributed by atoms with van der Waals surface area (Å²) in [6.45, 7) is 1.51. The summed E-state index contributed by atoms with van der Waals surface area (Å²) >= 11 is 1.66. The normalized spacial score (nSPS) is 14.3. The molecule has 112 valence electrons. The lowest BCUT2D eigenvalue weighted by molar-refractivity contribution is -0.136. The third kappa shape index (κ3) is 2.47. The highest BCUT2D eigenvalue weighted by molar-refractivity contribution is 7.19. The van der Waals surface area contributed by atoms with Crippen LogP contribution < -0.4 is 4.90 Å². The summed E-state index contributed by atoms with van der Waals surface area (Å²) in [5.41, 5.74) is 1.29. The van der Waals surface area contributed by atoms with Gasteiger partial charge in [-0.3, -0.25) is 4.79 Å². The lowest BCUT2D eigenvalue weighted by Crippen LogP contribution is -2.37. The Morgan fingerprint density at radius 2 is 2.29 bits per heavy atom. The van der Waals surface area contributed by atoms with E-state index in [9.17, 15) is 4.79 Å². The van der Waals surface area contributed by atoms with Gasteiger partial charge in [-0.05, 0) is 12.0 Å². The first-order valence-electron chi connectivity index (χ1n) is 6.81. The zero-order valence-electron chi connectivity index (χ0n) is 12.4. The van der Waals surface area contributed by atoms with Gasteiger partial charge in [-0.15, -0.1) is 11.3 Å². The molecule has 0 fully saturated rings. The molecule has 3 heterocycles. The first kappa shape index (κ1) is 14.2.